The molecule has 2 aliphatic heterocycles. The first-order valence-electron chi connectivity index (χ1n) is 7.01. The minimum Gasteiger partial charge on any atom is -0.377 e. The first-order valence-corrected chi connectivity index (χ1v) is 8.13. The Morgan fingerprint density at radius 2 is 1.82 bits per heavy atom. The van der Waals surface area contributed by atoms with Gasteiger partial charge in [-0.15, -0.1) is 0 Å². The number of hydrogen-bond acceptors (Lipinski definition) is 3. The molecule has 0 aromatic carbocycles. The van der Waals surface area contributed by atoms with Crippen LogP contribution in [0.3, 0.4) is 0 Å². The van der Waals surface area contributed by atoms with Crippen LogP contribution in [-0.4, -0.2) is 67.1 Å². The number of nitrogens with zero attached hydrogens (tertiary/aromatic N) is 2. The van der Waals surface area contributed by atoms with Crippen molar-refractivity contribution in [2.45, 2.75) is 31.8 Å². The molecular weight excluding hydrogens is 280 g/mol. The summed E-state index contributed by atoms with van der Waals surface area (Å²) >= 11 is 3.53. The van der Waals surface area contributed by atoms with Gasteiger partial charge >= 0.3 is 0 Å². The summed E-state index contributed by atoms with van der Waals surface area (Å²) in [5.41, 5.74) is 0. The molecule has 2 heterocycles. The van der Waals surface area contributed by atoms with Gasteiger partial charge in [-0.2, -0.15) is 0 Å². The Balaban J connectivity index is 1.70. The Bertz CT molecular complexity index is 210. The topological polar surface area (TPSA) is 15.7 Å². The van der Waals surface area contributed by atoms with Crippen LogP contribution in [-0.2, 0) is 4.74 Å². The van der Waals surface area contributed by atoms with Crippen LogP contribution in [0.1, 0.15) is 25.7 Å². The molecule has 0 N–H and O–H groups in total. The molecule has 4 heteroatoms. The molecule has 0 radical (unpaired) electrons. The summed E-state index contributed by atoms with van der Waals surface area (Å²) in [7, 11) is 0. The highest BCUT2D eigenvalue weighted by Crippen LogP contribution is 2.15. The maximum Gasteiger partial charge on any atom is 0.0702 e. The third-order valence-corrected chi connectivity index (χ3v) is 4.17. The quantitative estimate of drug-likeness (QED) is 0.739. The molecule has 0 aliphatic carbocycles. The van der Waals surface area contributed by atoms with Gasteiger partial charge in [0, 0.05) is 38.1 Å². The molecule has 0 aromatic rings. The van der Waals surface area contributed by atoms with Gasteiger partial charge in [-0.25, -0.2) is 0 Å². The third-order valence-electron chi connectivity index (χ3n) is 3.82. The second kappa shape index (κ2) is 7.72. The van der Waals surface area contributed by atoms with Gasteiger partial charge in [0.15, 0.2) is 0 Å². The van der Waals surface area contributed by atoms with Crippen LogP contribution in [0.15, 0.2) is 0 Å². The minimum atomic E-state index is 0.506. The fraction of sp³-hybridized carbons (Fsp3) is 1.00. The van der Waals surface area contributed by atoms with Gasteiger partial charge in [0.2, 0.25) is 0 Å². The SMILES string of the molecule is BrCCN1CCCN(CC2CCCCO2)CC1. The van der Waals surface area contributed by atoms with Gasteiger partial charge in [-0.1, -0.05) is 15.9 Å². The number of alkyl halides is 1. The molecule has 17 heavy (non-hydrogen) atoms. The van der Waals surface area contributed by atoms with Crippen molar-refractivity contribution in [1.29, 1.82) is 0 Å². The van der Waals surface area contributed by atoms with E-state index >= 15 is 0 Å². The van der Waals surface area contributed by atoms with Crippen molar-refractivity contribution in [2.75, 3.05) is 51.2 Å². The first kappa shape index (κ1) is 13.8. The van der Waals surface area contributed by atoms with E-state index < -0.39 is 0 Å². The van der Waals surface area contributed by atoms with Crippen molar-refractivity contribution < 1.29 is 4.74 Å². The van der Waals surface area contributed by atoms with E-state index in [4.69, 9.17) is 4.74 Å². The molecule has 0 aromatic heterocycles. The lowest BCUT2D eigenvalue weighted by atomic mass is 10.1. The molecule has 2 rings (SSSR count). The predicted molar refractivity (Wildman–Crippen MR) is 74.9 cm³/mol. The molecular formula is C13H25BrN2O. The Hall–Kier alpha value is 0.360. The Labute approximate surface area is 114 Å². The summed E-state index contributed by atoms with van der Waals surface area (Å²) in [6.07, 6.45) is 5.69. The maximum absolute atomic E-state index is 5.83. The van der Waals surface area contributed by atoms with E-state index in [0.717, 1.165) is 18.5 Å². The van der Waals surface area contributed by atoms with Crippen molar-refractivity contribution >= 4 is 15.9 Å². The number of rotatable bonds is 4. The number of hydrogen-bond donors (Lipinski definition) is 0. The summed E-state index contributed by atoms with van der Waals surface area (Å²) in [5, 5.41) is 1.10. The van der Waals surface area contributed by atoms with Crippen molar-refractivity contribution in [1.82, 2.24) is 9.80 Å². The van der Waals surface area contributed by atoms with E-state index in [2.05, 4.69) is 25.7 Å². The predicted octanol–water partition coefficient (Wildman–Crippen LogP) is 1.96. The maximum atomic E-state index is 5.83. The highest BCUT2D eigenvalue weighted by atomic mass is 79.9. The van der Waals surface area contributed by atoms with Crippen LogP contribution < -0.4 is 0 Å². The molecule has 100 valence electrons. The monoisotopic (exact) mass is 304 g/mol. The highest BCUT2D eigenvalue weighted by molar-refractivity contribution is 9.09. The average molecular weight is 305 g/mol. The molecule has 1 unspecified atom stereocenters. The molecule has 0 amide bonds. The molecule has 1 atom stereocenters. The fourth-order valence-electron chi connectivity index (χ4n) is 2.79. The van der Waals surface area contributed by atoms with Gasteiger partial charge in [-0.3, -0.25) is 4.90 Å². The zero-order valence-corrected chi connectivity index (χ0v) is 12.3. The van der Waals surface area contributed by atoms with Gasteiger partial charge in [0.1, 0.15) is 0 Å². The molecule has 2 fully saturated rings. The summed E-state index contributed by atoms with van der Waals surface area (Å²) in [6.45, 7) is 8.27. The van der Waals surface area contributed by atoms with Crippen LogP contribution in [0.5, 0.6) is 0 Å². The van der Waals surface area contributed by atoms with Crippen molar-refractivity contribution in [3.05, 3.63) is 0 Å². The summed E-state index contributed by atoms with van der Waals surface area (Å²) in [6, 6.07) is 0. The second-order valence-corrected chi connectivity index (χ2v) is 5.97. The lowest BCUT2D eigenvalue weighted by Crippen LogP contribution is -2.38. The van der Waals surface area contributed by atoms with E-state index in [-0.39, 0.29) is 0 Å². The smallest absolute Gasteiger partial charge is 0.0702 e. The molecule has 0 saturated carbocycles. The van der Waals surface area contributed by atoms with Crippen molar-refractivity contribution in [3.63, 3.8) is 0 Å². The van der Waals surface area contributed by atoms with Crippen LogP contribution in [0.25, 0.3) is 0 Å². The van der Waals surface area contributed by atoms with Crippen LogP contribution >= 0.6 is 15.9 Å². The van der Waals surface area contributed by atoms with Crippen LogP contribution in [0.4, 0.5) is 0 Å². The Kier molecular flexibility index (Phi) is 6.26. The fourth-order valence-corrected chi connectivity index (χ4v) is 3.29. The molecule has 2 aliphatic rings. The summed E-state index contributed by atoms with van der Waals surface area (Å²) in [5.74, 6) is 0. The largest absolute Gasteiger partial charge is 0.377 e. The van der Waals surface area contributed by atoms with Gasteiger partial charge in [0.05, 0.1) is 6.10 Å². The second-order valence-electron chi connectivity index (χ2n) is 5.17. The zero-order chi connectivity index (χ0) is 11.9. The van der Waals surface area contributed by atoms with Crippen LogP contribution in [0, 0.1) is 0 Å². The van der Waals surface area contributed by atoms with Gasteiger partial charge in [-0.05, 0) is 38.8 Å². The zero-order valence-electron chi connectivity index (χ0n) is 10.7. The molecule has 3 nitrogen and oxygen atoms in total. The van der Waals surface area contributed by atoms with Crippen molar-refractivity contribution in [3.8, 4) is 0 Å². The highest BCUT2D eigenvalue weighted by Gasteiger charge is 2.20. The van der Waals surface area contributed by atoms with E-state index in [9.17, 15) is 0 Å². The van der Waals surface area contributed by atoms with Gasteiger partial charge in [0.25, 0.3) is 0 Å². The Morgan fingerprint density at radius 1 is 1.00 bits per heavy atom. The molecule has 0 spiro atoms. The Morgan fingerprint density at radius 3 is 2.59 bits per heavy atom. The minimum absolute atomic E-state index is 0.506. The molecule has 0 bridgehead atoms. The normalized spacial score (nSPS) is 29.1. The molecule has 2 saturated heterocycles. The lowest BCUT2D eigenvalue weighted by molar-refractivity contribution is -0.00495. The van der Waals surface area contributed by atoms with E-state index in [0.29, 0.717) is 6.10 Å². The third kappa shape index (κ3) is 4.86. The standard InChI is InChI=1S/C13H25BrN2O/c14-5-8-15-6-3-7-16(10-9-15)12-13-4-1-2-11-17-13/h13H,1-12H2. The van der Waals surface area contributed by atoms with Crippen LogP contribution in [0.2, 0.25) is 0 Å². The van der Waals surface area contributed by atoms with Gasteiger partial charge < -0.3 is 9.64 Å². The summed E-state index contributed by atoms with van der Waals surface area (Å²) < 4.78 is 5.83. The number of ether oxygens (including phenoxy) is 1. The summed E-state index contributed by atoms with van der Waals surface area (Å²) in [4.78, 5) is 5.17. The average Bonchev–Trinajstić information content (AvgIpc) is 2.57. The van der Waals surface area contributed by atoms with E-state index in [1.807, 2.05) is 0 Å². The van der Waals surface area contributed by atoms with Crippen molar-refractivity contribution in [2.24, 2.45) is 0 Å². The van der Waals surface area contributed by atoms with E-state index in [1.165, 1.54) is 58.4 Å². The van der Waals surface area contributed by atoms with E-state index in [1.54, 1.807) is 0 Å². The number of halogens is 1. The lowest BCUT2D eigenvalue weighted by Gasteiger charge is -2.29. The first-order chi connectivity index (χ1) is 8.38.